The third kappa shape index (κ3) is 33.5. The van der Waals surface area contributed by atoms with Crippen LogP contribution in [0.4, 0.5) is 0 Å². The van der Waals surface area contributed by atoms with Crippen LogP contribution in [0, 0.1) is 0 Å². The van der Waals surface area contributed by atoms with Crippen molar-refractivity contribution < 1.29 is 64.6 Å². The summed E-state index contributed by atoms with van der Waals surface area (Å²) in [6.07, 6.45) is 47.1. The Kier molecular flexibility index (Phi) is 43.7. The molecule has 0 aliphatic carbocycles. The Balaban J connectivity index is 1.75. The fourth-order valence-electron chi connectivity index (χ4n) is 9.51. The third-order valence-corrected chi connectivity index (χ3v) is 14.4. The maximum atomic E-state index is 13.3. The van der Waals surface area contributed by atoms with E-state index in [2.05, 4.69) is 104 Å². The molecule has 2 heterocycles. The highest BCUT2D eigenvalue weighted by Crippen LogP contribution is 2.30. The highest BCUT2D eigenvalue weighted by atomic mass is 16.7. The van der Waals surface area contributed by atoms with Crippen LogP contribution in [0.5, 0.6) is 0 Å². The molecular weight excluding hydrogens is 979 g/mol. The summed E-state index contributed by atoms with van der Waals surface area (Å²) in [5, 5.41) is 87.3. The second-order valence-corrected chi connectivity index (χ2v) is 21.1. The van der Waals surface area contributed by atoms with E-state index in [4.69, 9.17) is 18.9 Å². The normalized spacial score (nSPS) is 25.3. The van der Waals surface area contributed by atoms with Gasteiger partial charge in [0.15, 0.2) is 12.6 Å². The van der Waals surface area contributed by atoms with E-state index in [1.54, 1.807) is 0 Å². The van der Waals surface area contributed by atoms with Crippen molar-refractivity contribution in [2.45, 2.75) is 286 Å². The molecule has 0 spiro atoms. The van der Waals surface area contributed by atoms with Crippen molar-refractivity contribution in [2.75, 3.05) is 19.8 Å². The van der Waals surface area contributed by atoms with Gasteiger partial charge in [-0.3, -0.25) is 4.79 Å². The van der Waals surface area contributed by atoms with Gasteiger partial charge >= 0.3 is 0 Å². The van der Waals surface area contributed by atoms with Crippen molar-refractivity contribution in [3.05, 3.63) is 85.1 Å². The Labute approximate surface area is 465 Å². The molecule has 444 valence electrons. The van der Waals surface area contributed by atoms with Gasteiger partial charge in [-0.1, -0.05) is 221 Å². The Morgan fingerprint density at radius 2 is 0.896 bits per heavy atom. The van der Waals surface area contributed by atoms with Crippen LogP contribution in [-0.2, 0) is 23.7 Å². The number of hydrogen-bond donors (Lipinski definition) is 9. The van der Waals surface area contributed by atoms with Gasteiger partial charge in [0.05, 0.1) is 32.0 Å². The number of ether oxygens (including phenoxy) is 4. The Bertz CT molecular complexity index is 1610. The molecule has 2 rings (SSSR count). The smallest absolute Gasteiger partial charge is 0.220 e. The molecule has 14 heteroatoms. The topological polar surface area (TPSA) is 228 Å². The van der Waals surface area contributed by atoms with Gasteiger partial charge in [-0.25, -0.2) is 0 Å². The molecule has 0 radical (unpaired) electrons. The van der Waals surface area contributed by atoms with Gasteiger partial charge in [-0.05, 0) is 70.6 Å². The molecule has 12 atom stereocenters. The molecule has 2 aliphatic rings. The van der Waals surface area contributed by atoms with Gasteiger partial charge in [0.2, 0.25) is 5.91 Å². The zero-order valence-corrected chi connectivity index (χ0v) is 47.7. The van der Waals surface area contributed by atoms with Crippen LogP contribution in [0.25, 0.3) is 0 Å². The van der Waals surface area contributed by atoms with E-state index in [-0.39, 0.29) is 18.9 Å². The average Bonchev–Trinajstić information content (AvgIpc) is 3.43. The molecule has 12 unspecified atom stereocenters. The Morgan fingerprint density at radius 1 is 0.481 bits per heavy atom. The van der Waals surface area contributed by atoms with Crippen LogP contribution < -0.4 is 5.32 Å². The second-order valence-electron chi connectivity index (χ2n) is 21.1. The fraction of sp³-hybridized carbons (Fsp3) is 0.762. The quantitative estimate of drug-likeness (QED) is 0.0204. The van der Waals surface area contributed by atoms with Crippen LogP contribution >= 0.6 is 0 Å². The van der Waals surface area contributed by atoms with Gasteiger partial charge in [-0.2, -0.15) is 0 Å². The minimum Gasteiger partial charge on any atom is -0.394 e. The molecule has 0 bridgehead atoms. The molecule has 2 fully saturated rings. The molecule has 0 aromatic rings. The van der Waals surface area contributed by atoms with Crippen LogP contribution in [0.15, 0.2) is 85.1 Å². The maximum absolute atomic E-state index is 13.3. The highest BCUT2D eigenvalue weighted by molar-refractivity contribution is 5.76. The minimum absolute atomic E-state index is 0.228. The summed E-state index contributed by atoms with van der Waals surface area (Å²) in [4.78, 5) is 13.3. The van der Waals surface area contributed by atoms with Crippen molar-refractivity contribution >= 4 is 5.91 Å². The first-order chi connectivity index (χ1) is 37.6. The van der Waals surface area contributed by atoms with Crippen LogP contribution in [-0.4, -0.2) is 140 Å². The van der Waals surface area contributed by atoms with E-state index < -0.39 is 86.8 Å². The lowest BCUT2D eigenvalue weighted by Gasteiger charge is -2.46. The van der Waals surface area contributed by atoms with Gasteiger partial charge in [0.25, 0.3) is 0 Å². The predicted molar refractivity (Wildman–Crippen MR) is 309 cm³/mol. The van der Waals surface area contributed by atoms with Crippen LogP contribution in [0.3, 0.4) is 0 Å². The van der Waals surface area contributed by atoms with E-state index in [1.807, 2.05) is 0 Å². The largest absolute Gasteiger partial charge is 0.394 e. The lowest BCUT2D eigenvalue weighted by molar-refractivity contribution is -0.359. The lowest BCUT2D eigenvalue weighted by Crippen LogP contribution is -2.65. The standard InChI is InChI=1S/C63H109NO13/c1-3-5-7-9-11-13-15-17-19-21-22-23-24-25-26-27-28-29-30-31-33-35-37-39-41-43-45-47-55(68)64-51(52(67)46-44-42-40-38-36-34-32-20-18-16-14-12-10-8-6-4-2)50-74-62-60(73)58(71)61(54(49-66)76-62)77-63-59(72)57(70)56(69)53(48-65)75-63/h5,7,11,13,17,19,22-23,25-26,28-29,31,33,51-54,56-63,65-67,69-73H,3-4,6,8-10,12,14-16,18,20-21,24,27,30,32,34-50H2,1-2H3,(H,64,68)/b7-5-,13-11-,19-17-,23-22-,26-25-,29-28-,33-31-. The third-order valence-electron chi connectivity index (χ3n) is 14.4. The van der Waals surface area contributed by atoms with Gasteiger partial charge < -0.3 is 65.1 Å². The SMILES string of the molecule is CC/C=C\C/C=C\C/C=C\C/C=C\C/C=C\C/C=C\C/C=C\CCCCCCCC(=O)NC(COC1OC(CO)C(OC2OC(CO)C(O)C(O)C2O)C(O)C1O)C(O)CCCCCCCCCCCCCCCCCC. The van der Waals surface area contributed by atoms with Gasteiger partial charge in [0, 0.05) is 6.42 Å². The van der Waals surface area contributed by atoms with Crippen molar-refractivity contribution in [3.8, 4) is 0 Å². The van der Waals surface area contributed by atoms with Crippen molar-refractivity contribution in [3.63, 3.8) is 0 Å². The summed E-state index contributed by atoms with van der Waals surface area (Å²) < 4.78 is 22.8. The molecule has 14 nitrogen and oxygen atoms in total. The summed E-state index contributed by atoms with van der Waals surface area (Å²) >= 11 is 0. The summed E-state index contributed by atoms with van der Waals surface area (Å²) in [6, 6.07) is -0.845. The number of aliphatic hydroxyl groups excluding tert-OH is 8. The molecule has 0 saturated carbocycles. The summed E-state index contributed by atoms with van der Waals surface area (Å²) in [7, 11) is 0. The lowest BCUT2D eigenvalue weighted by atomic mass is 9.97. The Hall–Kier alpha value is -2.83. The average molecular weight is 1090 g/mol. The predicted octanol–water partition coefficient (Wildman–Crippen LogP) is 10.5. The molecule has 9 N–H and O–H groups in total. The number of rotatable bonds is 47. The summed E-state index contributed by atoms with van der Waals surface area (Å²) in [5.41, 5.74) is 0. The van der Waals surface area contributed by atoms with Crippen LogP contribution in [0.1, 0.15) is 213 Å². The number of carbonyl (C=O) groups excluding carboxylic acids is 1. The first-order valence-corrected chi connectivity index (χ1v) is 30.3. The molecule has 0 aromatic heterocycles. The van der Waals surface area contributed by atoms with E-state index in [0.29, 0.717) is 12.8 Å². The van der Waals surface area contributed by atoms with Crippen LogP contribution in [0.2, 0.25) is 0 Å². The van der Waals surface area contributed by atoms with Gasteiger partial charge in [-0.15, -0.1) is 0 Å². The van der Waals surface area contributed by atoms with Crippen molar-refractivity contribution in [1.82, 2.24) is 5.32 Å². The fourth-order valence-corrected chi connectivity index (χ4v) is 9.51. The van der Waals surface area contributed by atoms with E-state index >= 15 is 0 Å². The monoisotopic (exact) mass is 1090 g/mol. The van der Waals surface area contributed by atoms with E-state index in [0.717, 1.165) is 103 Å². The minimum atomic E-state index is -1.79. The molecule has 2 saturated heterocycles. The first-order valence-electron chi connectivity index (χ1n) is 30.3. The van der Waals surface area contributed by atoms with Gasteiger partial charge in [0.1, 0.15) is 48.8 Å². The molecule has 0 aromatic carbocycles. The number of aliphatic hydroxyl groups is 8. The first kappa shape index (κ1) is 70.3. The second kappa shape index (κ2) is 47.9. The van der Waals surface area contributed by atoms with E-state index in [1.165, 1.54) is 77.0 Å². The molecular formula is C63H109NO13. The Morgan fingerprint density at radius 3 is 1.38 bits per heavy atom. The summed E-state index contributed by atoms with van der Waals surface area (Å²) in [5.74, 6) is -0.228. The van der Waals surface area contributed by atoms with E-state index in [9.17, 15) is 45.6 Å². The maximum Gasteiger partial charge on any atom is 0.220 e. The number of amides is 1. The number of carbonyl (C=O) groups is 1. The molecule has 77 heavy (non-hydrogen) atoms. The highest BCUT2D eigenvalue weighted by Gasteiger charge is 2.51. The number of allylic oxidation sites excluding steroid dienone is 14. The zero-order chi connectivity index (χ0) is 56.0. The number of hydrogen-bond acceptors (Lipinski definition) is 13. The summed E-state index contributed by atoms with van der Waals surface area (Å²) in [6.45, 7) is 2.73. The molecule has 2 aliphatic heterocycles. The number of nitrogens with one attached hydrogen (secondary N) is 1. The van der Waals surface area contributed by atoms with Crippen molar-refractivity contribution in [2.24, 2.45) is 0 Å². The van der Waals surface area contributed by atoms with Crippen molar-refractivity contribution in [1.29, 1.82) is 0 Å². The zero-order valence-electron chi connectivity index (χ0n) is 47.7. The molecule has 1 amide bonds. The number of unbranched alkanes of at least 4 members (excludes halogenated alkanes) is 20.